The summed E-state index contributed by atoms with van der Waals surface area (Å²) in [5.74, 6) is 0.726. The Kier molecular flexibility index (Phi) is 0.743. The molecule has 2 atom stereocenters. The minimum Gasteiger partial charge on any atom is -0.299 e. The van der Waals surface area contributed by atoms with Crippen LogP contribution in [0.2, 0.25) is 0 Å². The summed E-state index contributed by atoms with van der Waals surface area (Å²) < 4.78 is 0. The highest BCUT2D eigenvalue weighted by Gasteiger charge is 2.49. The van der Waals surface area contributed by atoms with Crippen molar-refractivity contribution in [3.05, 3.63) is 12.2 Å². The normalized spacial score (nSPS) is 46.8. The summed E-state index contributed by atoms with van der Waals surface area (Å²) in [7, 11) is 0. The zero-order valence-corrected chi connectivity index (χ0v) is 5.55. The van der Waals surface area contributed by atoms with E-state index in [4.69, 9.17) is 0 Å². The second kappa shape index (κ2) is 1.28. The van der Waals surface area contributed by atoms with E-state index in [0.29, 0.717) is 11.2 Å². The summed E-state index contributed by atoms with van der Waals surface area (Å²) in [4.78, 5) is 10.9. The first-order valence-corrected chi connectivity index (χ1v) is 3.42. The molecule has 0 unspecified atom stereocenters. The van der Waals surface area contributed by atoms with Crippen LogP contribution in [0.15, 0.2) is 12.2 Å². The Morgan fingerprint density at radius 1 is 1.78 bits per heavy atom. The summed E-state index contributed by atoms with van der Waals surface area (Å²) >= 11 is 0. The fraction of sp³-hybridized carbons (Fsp3) is 0.625. The summed E-state index contributed by atoms with van der Waals surface area (Å²) in [5.41, 5.74) is 0.344. The first-order chi connectivity index (χ1) is 4.22. The lowest BCUT2D eigenvalue weighted by atomic mass is 9.62. The predicted molar refractivity (Wildman–Crippen MR) is 35.0 cm³/mol. The Morgan fingerprint density at radius 2 is 2.56 bits per heavy atom. The molecule has 1 heteroatoms. The predicted octanol–water partition coefficient (Wildman–Crippen LogP) is 1.54. The number of hydrogen-bond acceptors (Lipinski definition) is 1. The number of carbonyl (C=O) groups excluding carboxylic acids is 1. The number of fused-ring (bicyclic) bond motifs is 1. The summed E-state index contributed by atoms with van der Waals surface area (Å²) in [6.07, 6.45) is 6.12. The number of ketones is 1. The Morgan fingerprint density at radius 3 is 3.00 bits per heavy atom. The van der Waals surface area contributed by atoms with Crippen molar-refractivity contribution in [2.75, 3.05) is 0 Å². The molecule has 0 spiro atoms. The number of Topliss-reactive ketones (excluding diaryl/α,β-unsaturated/α-hetero) is 1. The summed E-state index contributed by atoms with van der Waals surface area (Å²) in [5, 5.41) is 0. The van der Waals surface area contributed by atoms with Gasteiger partial charge in [-0.2, -0.15) is 0 Å². The van der Waals surface area contributed by atoms with E-state index >= 15 is 0 Å². The molecule has 2 aliphatic carbocycles. The van der Waals surface area contributed by atoms with E-state index in [2.05, 4.69) is 19.1 Å². The lowest BCUT2D eigenvalue weighted by Gasteiger charge is -2.39. The Bertz CT molecular complexity index is 193. The molecule has 0 amide bonds. The Hall–Kier alpha value is -0.590. The van der Waals surface area contributed by atoms with Gasteiger partial charge in [-0.3, -0.25) is 4.79 Å². The molecule has 1 fully saturated rings. The van der Waals surface area contributed by atoms with Crippen molar-refractivity contribution in [2.45, 2.75) is 19.8 Å². The molecular formula is C8H10O. The van der Waals surface area contributed by atoms with Gasteiger partial charge in [-0.25, -0.2) is 0 Å². The largest absolute Gasteiger partial charge is 0.299 e. The molecule has 9 heavy (non-hydrogen) atoms. The van der Waals surface area contributed by atoms with Crippen LogP contribution < -0.4 is 0 Å². The molecule has 1 nitrogen and oxygen atoms in total. The summed E-state index contributed by atoms with van der Waals surface area (Å²) in [6, 6.07) is 0. The minimum atomic E-state index is 0.289. The molecule has 0 aromatic carbocycles. The van der Waals surface area contributed by atoms with Gasteiger partial charge in [0.15, 0.2) is 0 Å². The van der Waals surface area contributed by atoms with E-state index in [9.17, 15) is 4.79 Å². The highest BCUT2D eigenvalue weighted by Crippen LogP contribution is 2.50. The zero-order valence-electron chi connectivity index (χ0n) is 5.55. The van der Waals surface area contributed by atoms with Crippen LogP contribution in [0.3, 0.4) is 0 Å². The van der Waals surface area contributed by atoms with Crippen LogP contribution >= 0.6 is 0 Å². The van der Waals surface area contributed by atoms with Gasteiger partial charge in [0.05, 0.1) is 0 Å². The zero-order chi connectivity index (χ0) is 6.48. The molecule has 0 N–H and O–H groups in total. The molecule has 2 rings (SSSR count). The van der Waals surface area contributed by atoms with Gasteiger partial charge in [-0.15, -0.1) is 0 Å². The first kappa shape index (κ1) is 5.21. The molecule has 0 radical (unpaired) electrons. The smallest absolute Gasteiger partial charge is 0.140 e. The quantitative estimate of drug-likeness (QED) is 0.445. The fourth-order valence-corrected chi connectivity index (χ4v) is 1.89. The van der Waals surface area contributed by atoms with Crippen molar-refractivity contribution in [2.24, 2.45) is 11.3 Å². The lowest BCUT2D eigenvalue weighted by Crippen LogP contribution is -2.42. The minimum absolute atomic E-state index is 0.289. The average molecular weight is 122 g/mol. The highest BCUT2D eigenvalue weighted by molar-refractivity contribution is 5.91. The van der Waals surface area contributed by atoms with Gasteiger partial charge >= 0.3 is 0 Å². The van der Waals surface area contributed by atoms with Crippen molar-refractivity contribution in [3.8, 4) is 0 Å². The van der Waals surface area contributed by atoms with Crippen molar-refractivity contribution in [3.63, 3.8) is 0 Å². The van der Waals surface area contributed by atoms with Crippen LogP contribution in [0.5, 0.6) is 0 Å². The van der Waals surface area contributed by atoms with E-state index in [1.807, 2.05) is 0 Å². The molecular weight excluding hydrogens is 112 g/mol. The van der Waals surface area contributed by atoms with Gasteiger partial charge in [0.25, 0.3) is 0 Å². The van der Waals surface area contributed by atoms with E-state index < -0.39 is 0 Å². The van der Waals surface area contributed by atoms with Crippen molar-refractivity contribution in [1.29, 1.82) is 0 Å². The monoisotopic (exact) mass is 122 g/mol. The van der Waals surface area contributed by atoms with Gasteiger partial charge in [-0.05, 0) is 11.8 Å². The second-order valence-electron chi connectivity index (χ2n) is 3.41. The molecule has 0 aromatic heterocycles. The van der Waals surface area contributed by atoms with Crippen molar-refractivity contribution < 1.29 is 4.79 Å². The molecule has 0 aliphatic heterocycles. The van der Waals surface area contributed by atoms with Gasteiger partial charge in [0.2, 0.25) is 0 Å². The fourth-order valence-electron chi connectivity index (χ4n) is 1.89. The van der Waals surface area contributed by atoms with Crippen LogP contribution in [0.25, 0.3) is 0 Å². The lowest BCUT2D eigenvalue weighted by molar-refractivity contribution is -0.136. The van der Waals surface area contributed by atoms with Gasteiger partial charge in [0.1, 0.15) is 5.78 Å². The average Bonchev–Trinajstić information content (AvgIpc) is 2.06. The standard InChI is InChI=1S/C8H10O/c1-8-4-2-3-6(8)7(9)5-8/h2-3,6H,4-5H2,1H3/t6-,8+/m1/s1. The third-order valence-corrected chi connectivity index (χ3v) is 2.59. The van der Waals surface area contributed by atoms with Crippen molar-refractivity contribution >= 4 is 5.78 Å². The molecule has 48 valence electrons. The highest BCUT2D eigenvalue weighted by atomic mass is 16.1. The third-order valence-electron chi connectivity index (χ3n) is 2.59. The van der Waals surface area contributed by atoms with E-state index in [-0.39, 0.29) is 5.92 Å². The maximum atomic E-state index is 10.9. The maximum Gasteiger partial charge on any atom is 0.140 e. The molecule has 2 aliphatic rings. The third kappa shape index (κ3) is 0.473. The van der Waals surface area contributed by atoms with Crippen LogP contribution in [0, 0.1) is 11.3 Å². The van der Waals surface area contributed by atoms with E-state index in [1.54, 1.807) is 0 Å². The van der Waals surface area contributed by atoms with E-state index in [0.717, 1.165) is 12.8 Å². The van der Waals surface area contributed by atoms with Crippen LogP contribution in [0.4, 0.5) is 0 Å². The Labute approximate surface area is 54.8 Å². The number of allylic oxidation sites excluding steroid dienone is 2. The van der Waals surface area contributed by atoms with Crippen LogP contribution in [-0.4, -0.2) is 5.78 Å². The molecule has 0 aromatic rings. The molecule has 0 saturated heterocycles. The molecule has 0 heterocycles. The Balaban J connectivity index is 2.29. The number of carbonyl (C=O) groups is 1. The van der Waals surface area contributed by atoms with Crippen molar-refractivity contribution in [1.82, 2.24) is 0 Å². The van der Waals surface area contributed by atoms with Crippen LogP contribution in [0.1, 0.15) is 19.8 Å². The molecule has 1 saturated carbocycles. The number of rotatable bonds is 0. The topological polar surface area (TPSA) is 17.1 Å². The SMILES string of the molecule is C[C@@]12CC=C[C@@H]1C(=O)C2. The van der Waals surface area contributed by atoms with Gasteiger partial charge in [0, 0.05) is 12.3 Å². The maximum absolute atomic E-state index is 10.9. The van der Waals surface area contributed by atoms with E-state index in [1.165, 1.54) is 0 Å². The molecule has 0 bridgehead atoms. The van der Waals surface area contributed by atoms with Crippen LogP contribution in [-0.2, 0) is 4.79 Å². The van der Waals surface area contributed by atoms with Gasteiger partial charge < -0.3 is 0 Å². The second-order valence-corrected chi connectivity index (χ2v) is 3.41. The summed E-state index contributed by atoms with van der Waals surface area (Å²) in [6.45, 7) is 2.19. The van der Waals surface area contributed by atoms with Gasteiger partial charge in [-0.1, -0.05) is 19.1 Å². The first-order valence-electron chi connectivity index (χ1n) is 3.42. The number of hydrogen-bond donors (Lipinski definition) is 0.